The van der Waals surface area contributed by atoms with Gasteiger partial charge in [-0.25, -0.2) is 4.98 Å². The Balaban J connectivity index is 1.52. The van der Waals surface area contributed by atoms with E-state index < -0.39 is 0 Å². The maximum absolute atomic E-state index is 11.3. The van der Waals surface area contributed by atoms with Gasteiger partial charge in [0.05, 0.1) is 24.7 Å². The van der Waals surface area contributed by atoms with Crippen molar-refractivity contribution >= 4 is 0 Å². The smallest absolute Gasteiger partial charge is 0.250 e. The highest BCUT2D eigenvalue weighted by molar-refractivity contribution is 5.01. The number of aromatic amines is 1. The fraction of sp³-hybridized carbons (Fsp3) is 0.533. The third kappa shape index (κ3) is 3.80. The molecule has 7 nitrogen and oxygen atoms in total. The van der Waals surface area contributed by atoms with Gasteiger partial charge in [-0.2, -0.15) is 5.10 Å². The lowest BCUT2D eigenvalue weighted by Crippen LogP contribution is -2.42. The molecule has 1 saturated heterocycles. The second kappa shape index (κ2) is 6.85. The van der Waals surface area contributed by atoms with Crippen LogP contribution in [0, 0.1) is 0 Å². The largest absolute Gasteiger partial charge is 0.376 e. The van der Waals surface area contributed by atoms with E-state index in [1.807, 2.05) is 24.0 Å². The Morgan fingerprint density at radius 1 is 1.50 bits per heavy atom. The molecule has 1 aliphatic heterocycles. The summed E-state index contributed by atoms with van der Waals surface area (Å²) in [7, 11) is 1.96. The SMILES string of the molecule is Cn1nccc1CN1CCOC(CCc2cc(=O)[nH]cn2)C1. The summed E-state index contributed by atoms with van der Waals surface area (Å²) in [6, 6.07) is 3.60. The normalized spacial score (nSPS) is 19.4. The molecule has 0 spiro atoms. The van der Waals surface area contributed by atoms with Crippen LogP contribution in [0.5, 0.6) is 0 Å². The highest BCUT2D eigenvalue weighted by Gasteiger charge is 2.21. The molecule has 1 N–H and O–H groups in total. The zero-order valence-electron chi connectivity index (χ0n) is 12.7. The average molecular weight is 303 g/mol. The van der Waals surface area contributed by atoms with E-state index in [2.05, 4.69) is 20.0 Å². The Labute approximate surface area is 128 Å². The molecule has 0 bridgehead atoms. The monoisotopic (exact) mass is 303 g/mol. The van der Waals surface area contributed by atoms with Crippen LogP contribution in [-0.2, 0) is 24.8 Å². The quantitative estimate of drug-likeness (QED) is 0.862. The third-order valence-corrected chi connectivity index (χ3v) is 3.99. The second-order valence-corrected chi connectivity index (χ2v) is 5.62. The lowest BCUT2D eigenvalue weighted by molar-refractivity contribution is -0.0353. The van der Waals surface area contributed by atoms with Gasteiger partial charge in [0, 0.05) is 44.6 Å². The van der Waals surface area contributed by atoms with Crippen molar-refractivity contribution < 1.29 is 4.74 Å². The van der Waals surface area contributed by atoms with Crippen molar-refractivity contribution in [1.29, 1.82) is 0 Å². The first-order valence-corrected chi connectivity index (χ1v) is 7.55. The van der Waals surface area contributed by atoms with Crippen LogP contribution in [0.3, 0.4) is 0 Å². The highest BCUT2D eigenvalue weighted by atomic mass is 16.5. The number of ether oxygens (including phenoxy) is 1. The van der Waals surface area contributed by atoms with Crippen molar-refractivity contribution in [3.63, 3.8) is 0 Å². The molecule has 22 heavy (non-hydrogen) atoms. The molecule has 0 aliphatic carbocycles. The molecular weight excluding hydrogens is 282 g/mol. The van der Waals surface area contributed by atoms with Crippen molar-refractivity contribution in [3.8, 4) is 0 Å². The van der Waals surface area contributed by atoms with Gasteiger partial charge in [-0.15, -0.1) is 0 Å². The first-order valence-electron chi connectivity index (χ1n) is 7.55. The molecule has 2 aromatic rings. The highest BCUT2D eigenvalue weighted by Crippen LogP contribution is 2.13. The molecule has 1 fully saturated rings. The number of hydrogen-bond acceptors (Lipinski definition) is 5. The molecule has 7 heteroatoms. The molecule has 3 heterocycles. The maximum atomic E-state index is 11.3. The minimum Gasteiger partial charge on any atom is -0.376 e. The molecule has 1 unspecified atom stereocenters. The van der Waals surface area contributed by atoms with Gasteiger partial charge in [0.2, 0.25) is 0 Å². The Morgan fingerprint density at radius 2 is 2.41 bits per heavy atom. The summed E-state index contributed by atoms with van der Waals surface area (Å²) in [5, 5.41) is 4.20. The van der Waals surface area contributed by atoms with Crippen LogP contribution in [0.1, 0.15) is 17.8 Å². The standard InChI is InChI=1S/C15H21N5O2/c1-19-13(4-5-18-19)9-20-6-7-22-14(10-20)3-2-12-8-15(21)17-11-16-12/h4-5,8,11,14H,2-3,6-7,9-10H2,1H3,(H,16,17,21). The Hall–Kier alpha value is -1.99. The van der Waals surface area contributed by atoms with Crippen LogP contribution in [0.15, 0.2) is 29.5 Å². The van der Waals surface area contributed by atoms with Gasteiger partial charge in [-0.05, 0) is 18.9 Å². The minimum atomic E-state index is -0.104. The first-order chi connectivity index (χ1) is 10.7. The number of hydrogen-bond donors (Lipinski definition) is 1. The zero-order chi connectivity index (χ0) is 15.4. The van der Waals surface area contributed by atoms with Gasteiger partial charge in [-0.1, -0.05) is 0 Å². The fourth-order valence-corrected chi connectivity index (χ4v) is 2.74. The van der Waals surface area contributed by atoms with E-state index in [1.54, 1.807) is 6.07 Å². The Morgan fingerprint density at radius 3 is 3.18 bits per heavy atom. The lowest BCUT2D eigenvalue weighted by Gasteiger charge is -2.32. The van der Waals surface area contributed by atoms with Crippen LogP contribution >= 0.6 is 0 Å². The molecule has 2 aromatic heterocycles. The van der Waals surface area contributed by atoms with Gasteiger partial charge in [0.15, 0.2) is 0 Å². The molecular formula is C15H21N5O2. The third-order valence-electron chi connectivity index (χ3n) is 3.99. The molecule has 0 amide bonds. The average Bonchev–Trinajstić information content (AvgIpc) is 2.91. The summed E-state index contributed by atoms with van der Waals surface area (Å²) in [4.78, 5) is 20.4. The lowest BCUT2D eigenvalue weighted by atomic mass is 10.1. The fourth-order valence-electron chi connectivity index (χ4n) is 2.74. The van der Waals surface area contributed by atoms with Crippen molar-refractivity contribution in [2.45, 2.75) is 25.5 Å². The summed E-state index contributed by atoms with van der Waals surface area (Å²) in [6.45, 7) is 3.46. The van der Waals surface area contributed by atoms with Crippen molar-refractivity contribution in [2.75, 3.05) is 19.7 Å². The summed E-state index contributed by atoms with van der Waals surface area (Å²) in [6.07, 6.45) is 5.09. The molecule has 0 radical (unpaired) electrons. The molecule has 3 rings (SSSR count). The number of nitrogens with zero attached hydrogens (tertiary/aromatic N) is 4. The topological polar surface area (TPSA) is 76.0 Å². The van der Waals surface area contributed by atoms with E-state index in [0.717, 1.165) is 44.8 Å². The predicted octanol–water partition coefficient (Wildman–Crippen LogP) is 0.337. The van der Waals surface area contributed by atoms with Crippen LogP contribution in [0.25, 0.3) is 0 Å². The van der Waals surface area contributed by atoms with E-state index in [1.165, 1.54) is 12.0 Å². The van der Waals surface area contributed by atoms with Gasteiger partial charge in [-0.3, -0.25) is 14.4 Å². The van der Waals surface area contributed by atoms with Crippen LogP contribution in [0.2, 0.25) is 0 Å². The molecule has 0 aromatic carbocycles. The zero-order valence-corrected chi connectivity index (χ0v) is 12.7. The van der Waals surface area contributed by atoms with E-state index in [9.17, 15) is 4.79 Å². The number of aromatic nitrogens is 4. The van der Waals surface area contributed by atoms with E-state index >= 15 is 0 Å². The van der Waals surface area contributed by atoms with Crippen LogP contribution in [-0.4, -0.2) is 50.4 Å². The van der Waals surface area contributed by atoms with Gasteiger partial charge >= 0.3 is 0 Å². The minimum absolute atomic E-state index is 0.104. The first kappa shape index (κ1) is 14.9. The van der Waals surface area contributed by atoms with Gasteiger partial charge in [0.1, 0.15) is 0 Å². The van der Waals surface area contributed by atoms with Crippen molar-refractivity contribution in [1.82, 2.24) is 24.6 Å². The van der Waals surface area contributed by atoms with E-state index in [4.69, 9.17) is 4.74 Å². The number of morpholine rings is 1. The van der Waals surface area contributed by atoms with Gasteiger partial charge in [0.25, 0.3) is 5.56 Å². The Kier molecular flexibility index (Phi) is 4.65. The number of rotatable bonds is 5. The predicted molar refractivity (Wildman–Crippen MR) is 81.4 cm³/mol. The molecule has 1 aliphatic rings. The van der Waals surface area contributed by atoms with Crippen LogP contribution in [0.4, 0.5) is 0 Å². The summed E-state index contributed by atoms with van der Waals surface area (Å²) in [5.74, 6) is 0. The summed E-state index contributed by atoms with van der Waals surface area (Å²) < 4.78 is 7.74. The van der Waals surface area contributed by atoms with Gasteiger partial charge < -0.3 is 9.72 Å². The summed E-state index contributed by atoms with van der Waals surface area (Å²) in [5.41, 5.74) is 1.92. The maximum Gasteiger partial charge on any atom is 0.250 e. The molecule has 118 valence electrons. The number of H-pyrrole nitrogens is 1. The van der Waals surface area contributed by atoms with Crippen LogP contribution < -0.4 is 5.56 Å². The second-order valence-electron chi connectivity index (χ2n) is 5.62. The molecule has 1 atom stereocenters. The van der Waals surface area contributed by atoms with E-state index in [0.29, 0.717) is 0 Å². The van der Waals surface area contributed by atoms with Crippen molar-refractivity contribution in [2.24, 2.45) is 7.05 Å². The van der Waals surface area contributed by atoms with Crippen molar-refractivity contribution in [3.05, 3.63) is 46.4 Å². The number of nitrogens with one attached hydrogen (secondary N) is 1. The summed E-state index contributed by atoms with van der Waals surface area (Å²) >= 11 is 0. The van der Waals surface area contributed by atoms with E-state index in [-0.39, 0.29) is 11.7 Å². The molecule has 0 saturated carbocycles. The Bertz CT molecular complexity index is 666. The number of aryl methyl sites for hydroxylation is 2.